The maximum absolute atomic E-state index is 6.59. The van der Waals surface area contributed by atoms with Crippen molar-refractivity contribution in [3.63, 3.8) is 0 Å². The van der Waals surface area contributed by atoms with Crippen molar-refractivity contribution in [1.29, 1.82) is 0 Å². The van der Waals surface area contributed by atoms with Crippen molar-refractivity contribution in [3.05, 3.63) is 516 Å². The van der Waals surface area contributed by atoms with E-state index in [0.29, 0.717) is 0 Å². The van der Waals surface area contributed by atoms with Crippen LogP contribution in [0.5, 0.6) is 34.5 Å². The first-order valence-corrected chi connectivity index (χ1v) is 44.9. The molecule has 22 aromatic rings. The van der Waals surface area contributed by atoms with Gasteiger partial charge in [-0.3, -0.25) is 0 Å². The molecule has 3 aliphatic heterocycles. The van der Waals surface area contributed by atoms with Gasteiger partial charge in [-0.25, -0.2) is 0 Å². The van der Waals surface area contributed by atoms with E-state index >= 15 is 0 Å². The fourth-order valence-corrected chi connectivity index (χ4v) is 19.4. The summed E-state index contributed by atoms with van der Waals surface area (Å²) in [6, 6.07) is 183. The van der Waals surface area contributed by atoms with Crippen LogP contribution in [0.3, 0.4) is 0 Å². The largest absolute Gasteiger partial charge is 0.456 e. The molecule has 0 fully saturated rings. The summed E-state index contributed by atoms with van der Waals surface area (Å²) in [6.45, 7) is 0. The zero-order chi connectivity index (χ0) is 87.6. The van der Waals surface area contributed by atoms with E-state index in [9.17, 15) is 0 Å². The molecule has 6 nitrogen and oxygen atoms in total. The molecule has 0 aromatic heterocycles. The SMILES string of the molecule is c1ccc(-c2ccc(N(c3ccc(-c4ccccc4)cc3)c3ccc4c5c(cccc35)-c3ccccc3Oc3ccccc3-4)cc2)cc1.c1ccc(-c2ccc(N(c3ccccc3-c3ccccc3)c3ccc4c5c(cccc35)-c3ccccc3Oc3ccccc3-4)cc2)cc1.c1ccc(N(c2ccccc2)c2ccc3c4c(cccc24)-c2ccccc2Oc2ccccc2-3)cc1. The van der Waals surface area contributed by atoms with Gasteiger partial charge in [-0.2, -0.15) is 0 Å². The van der Waals surface area contributed by atoms with Crippen LogP contribution in [0.25, 0.3) is 144 Å². The molecule has 0 unspecified atom stereocenters. The Bertz CT molecular complexity index is 7740. The zero-order valence-electron chi connectivity index (χ0n) is 72.1. The second kappa shape index (κ2) is 35.0. The van der Waals surface area contributed by atoms with E-state index in [1.165, 1.54) is 88.0 Å². The number of rotatable bonds is 13. The van der Waals surface area contributed by atoms with Crippen molar-refractivity contribution in [1.82, 2.24) is 0 Å². The minimum Gasteiger partial charge on any atom is -0.456 e. The lowest BCUT2D eigenvalue weighted by Gasteiger charge is -2.30. The van der Waals surface area contributed by atoms with E-state index in [0.717, 1.165) is 141 Å². The van der Waals surface area contributed by atoms with E-state index in [2.05, 4.69) is 494 Å². The Morgan fingerprint density at radius 2 is 0.318 bits per heavy atom. The van der Waals surface area contributed by atoms with Crippen LogP contribution < -0.4 is 28.9 Å². The van der Waals surface area contributed by atoms with Crippen molar-refractivity contribution < 1.29 is 14.2 Å². The predicted octanol–water partition coefficient (Wildman–Crippen LogP) is 35.9. The first kappa shape index (κ1) is 79.1. The summed E-state index contributed by atoms with van der Waals surface area (Å²) in [5, 5.41) is 7.20. The maximum atomic E-state index is 6.59. The highest BCUT2D eigenvalue weighted by Gasteiger charge is 2.30. The minimum atomic E-state index is 0.858. The summed E-state index contributed by atoms with van der Waals surface area (Å²) in [5.74, 6) is 5.18. The smallest absolute Gasteiger partial charge is 0.135 e. The van der Waals surface area contributed by atoms with Gasteiger partial charge >= 0.3 is 0 Å². The first-order chi connectivity index (χ1) is 65.5. The Kier molecular flexibility index (Phi) is 21.0. The topological polar surface area (TPSA) is 37.4 Å². The molecule has 0 N–H and O–H groups in total. The number of fused-ring (bicyclic) bond motifs is 12. The van der Waals surface area contributed by atoms with E-state index in [4.69, 9.17) is 14.2 Å². The van der Waals surface area contributed by atoms with Gasteiger partial charge in [-0.05, 0) is 210 Å². The molecule has 0 aliphatic carbocycles. The Balaban J connectivity index is 0.000000114. The van der Waals surface area contributed by atoms with E-state index < -0.39 is 0 Å². The van der Waals surface area contributed by atoms with Gasteiger partial charge in [0.15, 0.2) is 0 Å². The fourth-order valence-electron chi connectivity index (χ4n) is 19.4. The summed E-state index contributed by atoms with van der Waals surface area (Å²) in [7, 11) is 0. The highest BCUT2D eigenvalue weighted by Crippen LogP contribution is 2.56. The lowest BCUT2D eigenvalue weighted by molar-refractivity contribution is 0.486. The van der Waals surface area contributed by atoms with Gasteiger partial charge in [0.05, 0.1) is 22.7 Å². The number of nitrogens with zero attached hydrogens (tertiary/aromatic N) is 3. The lowest BCUT2D eigenvalue weighted by Crippen LogP contribution is -2.12. The van der Waals surface area contributed by atoms with Gasteiger partial charge in [0, 0.05) is 83.5 Å². The second-order valence-corrected chi connectivity index (χ2v) is 33.2. The van der Waals surface area contributed by atoms with Crippen LogP contribution in [-0.4, -0.2) is 0 Å². The monoisotopic (exact) mass is 1690 g/mol. The Morgan fingerprint density at radius 1 is 0.114 bits per heavy atom. The summed E-state index contributed by atoms with van der Waals surface area (Å²) < 4.78 is 19.6. The molecule has 132 heavy (non-hydrogen) atoms. The molecule has 22 aromatic carbocycles. The highest BCUT2D eigenvalue weighted by atomic mass is 16.5. The van der Waals surface area contributed by atoms with E-state index in [1.807, 2.05) is 36.4 Å². The Labute approximate surface area is 768 Å². The summed E-state index contributed by atoms with van der Waals surface area (Å²) in [6.07, 6.45) is 0. The van der Waals surface area contributed by atoms with Crippen molar-refractivity contribution in [3.8, 4) is 146 Å². The normalized spacial score (nSPS) is 11.5. The number of anilines is 9. The van der Waals surface area contributed by atoms with E-state index in [1.54, 1.807) is 0 Å². The molecule has 6 heteroatoms. The number of para-hydroxylation sites is 9. The second-order valence-electron chi connectivity index (χ2n) is 33.2. The number of hydrogen-bond acceptors (Lipinski definition) is 6. The summed E-state index contributed by atoms with van der Waals surface area (Å²) in [5.41, 5.74) is 33.1. The Morgan fingerprint density at radius 3 is 0.614 bits per heavy atom. The van der Waals surface area contributed by atoms with Crippen LogP contribution in [-0.2, 0) is 0 Å². The minimum absolute atomic E-state index is 0.858. The van der Waals surface area contributed by atoms with Gasteiger partial charge in [-0.1, -0.05) is 394 Å². The molecule has 3 aliphatic rings. The number of ether oxygens (including phenoxy) is 3. The van der Waals surface area contributed by atoms with Crippen LogP contribution in [0.1, 0.15) is 0 Å². The van der Waals surface area contributed by atoms with Gasteiger partial charge in [0.1, 0.15) is 34.5 Å². The molecule has 622 valence electrons. The third-order valence-corrected chi connectivity index (χ3v) is 25.5. The summed E-state index contributed by atoms with van der Waals surface area (Å²) >= 11 is 0. The molecule has 0 atom stereocenters. The van der Waals surface area contributed by atoms with Gasteiger partial charge < -0.3 is 28.9 Å². The van der Waals surface area contributed by atoms with Crippen LogP contribution in [0.4, 0.5) is 51.2 Å². The molecule has 0 radical (unpaired) electrons. The number of hydrogen-bond donors (Lipinski definition) is 0. The van der Waals surface area contributed by atoms with Crippen LogP contribution in [0.15, 0.2) is 516 Å². The maximum Gasteiger partial charge on any atom is 0.135 e. The van der Waals surface area contributed by atoms with Gasteiger partial charge in [-0.15, -0.1) is 0 Å². The van der Waals surface area contributed by atoms with E-state index in [-0.39, 0.29) is 0 Å². The molecule has 3 heterocycles. The lowest BCUT2D eigenvalue weighted by atomic mass is 9.88. The molecule has 0 bridgehead atoms. The molecule has 25 rings (SSSR count). The average molecular weight is 1690 g/mol. The molecule has 0 spiro atoms. The Hall–Kier alpha value is -17.6. The summed E-state index contributed by atoms with van der Waals surface area (Å²) in [4.78, 5) is 7.16. The fraction of sp³-hybridized carbons (Fsp3) is 0. The standard InChI is InChI=1S/2C46H31NO.C34H23NO/c1-3-14-32(15-4-1)33-26-28-35(29-27-33)47(42-23-10-7-18-36(42)34-16-5-2-6-17-34)43-31-30-40-38-20-9-12-25-45(38)48-44-24-11-8-19-37(44)39-21-13-22-41(43)46(39)40;1-3-12-32(13-4-1)34-22-26-36(27-23-34)47(37-28-24-35(25-29-37)33-14-5-2-6-15-33)43-31-30-41-39-17-8-10-21-45(39)48-44-20-9-7-16-38(44)40-18-11-19-42(43)46(40)41;1-3-12-24(13-4-1)35(25-14-5-2-6-15-25)31-23-22-29-27-17-8-10-21-33(27)36-32-20-9-7-16-26(32)28-18-11-19-30(31)34(28)29/h2*1-31H;1-23H. The van der Waals surface area contributed by atoms with Gasteiger partial charge in [0.2, 0.25) is 0 Å². The third-order valence-electron chi connectivity index (χ3n) is 25.5. The predicted molar refractivity (Wildman–Crippen MR) is 550 cm³/mol. The van der Waals surface area contributed by atoms with Crippen LogP contribution >= 0.6 is 0 Å². The number of benzene rings is 22. The zero-order valence-corrected chi connectivity index (χ0v) is 72.1. The van der Waals surface area contributed by atoms with Crippen molar-refractivity contribution >= 4 is 83.5 Å². The average Bonchev–Trinajstić information content (AvgIpc) is 0.733. The molecule has 0 saturated carbocycles. The molecule has 0 saturated heterocycles. The molecular weight excluding hydrogens is 1600 g/mol. The van der Waals surface area contributed by atoms with Gasteiger partial charge in [0.25, 0.3) is 0 Å². The molecular formula is C126H85N3O3. The van der Waals surface area contributed by atoms with Crippen molar-refractivity contribution in [2.75, 3.05) is 14.7 Å². The van der Waals surface area contributed by atoms with Crippen LogP contribution in [0.2, 0.25) is 0 Å². The van der Waals surface area contributed by atoms with Crippen molar-refractivity contribution in [2.24, 2.45) is 0 Å². The first-order valence-electron chi connectivity index (χ1n) is 44.9. The quantitative estimate of drug-likeness (QED) is 0.115. The van der Waals surface area contributed by atoms with Crippen molar-refractivity contribution in [2.45, 2.75) is 0 Å². The van der Waals surface area contributed by atoms with Crippen LogP contribution in [0, 0.1) is 0 Å². The molecule has 0 amide bonds. The highest BCUT2D eigenvalue weighted by molar-refractivity contribution is 6.18. The third kappa shape index (κ3) is 14.9.